The molecule has 5 heteroatoms. The van der Waals surface area contributed by atoms with Crippen molar-refractivity contribution >= 4 is 27.4 Å². The van der Waals surface area contributed by atoms with E-state index in [2.05, 4.69) is 40.4 Å². The summed E-state index contributed by atoms with van der Waals surface area (Å²) in [5.74, 6) is 1.82. The van der Waals surface area contributed by atoms with Crippen molar-refractivity contribution in [2.75, 3.05) is 19.0 Å². The first-order valence-corrected chi connectivity index (χ1v) is 8.72. The normalized spacial score (nSPS) is 10.9. The Bertz CT molecular complexity index is 785. The summed E-state index contributed by atoms with van der Waals surface area (Å²) < 4.78 is 5.26. The minimum absolute atomic E-state index is 0.832. The minimum atomic E-state index is 0.832. The number of methoxy groups -OCH3 is 1. The second-order valence-electron chi connectivity index (χ2n) is 5.43. The molecule has 1 aromatic carbocycles. The molecule has 4 nitrogen and oxygen atoms in total. The van der Waals surface area contributed by atoms with Crippen LogP contribution in [0.25, 0.3) is 10.2 Å². The number of anilines is 1. The number of aromatic nitrogens is 2. The summed E-state index contributed by atoms with van der Waals surface area (Å²) >= 11 is 1.76. The van der Waals surface area contributed by atoms with Gasteiger partial charge in [-0.15, -0.1) is 11.3 Å². The van der Waals surface area contributed by atoms with Gasteiger partial charge in [0.1, 0.15) is 22.7 Å². The Morgan fingerprint density at radius 2 is 2.09 bits per heavy atom. The van der Waals surface area contributed by atoms with Crippen molar-refractivity contribution in [1.82, 2.24) is 9.97 Å². The predicted octanol–water partition coefficient (Wildman–Crippen LogP) is 4.31. The number of rotatable bonds is 7. The zero-order valence-corrected chi connectivity index (χ0v) is 14.3. The van der Waals surface area contributed by atoms with Crippen molar-refractivity contribution in [1.29, 1.82) is 0 Å². The highest BCUT2D eigenvalue weighted by Gasteiger charge is 2.08. The Hall–Kier alpha value is -2.14. The van der Waals surface area contributed by atoms with Gasteiger partial charge in [-0.3, -0.25) is 0 Å². The molecule has 23 heavy (non-hydrogen) atoms. The van der Waals surface area contributed by atoms with Crippen molar-refractivity contribution in [3.63, 3.8) is 0 Å². The summed E-state index contributed by atoms with van der Waals surface area (Å²) in [4.78, 5) is 11.2. The third kappa shape index (κ3) is 3.79. The Kier molecular flexibility index (Phi) is 5.08. The van der Waals surface area contributed by atoms with E-state index < -0.39 is 0 Å². The molecular weight excluding hydrogens is 306 g/mol. The van der Waals surface area contributed by atoms with Crippen molar-refractivity contribution in [3.8, 4) is 5.75 Å². The van der Waals surface area contributed by atoms with Gasteiger partial charge < -0.3 is 10.1 Å². The van der Waals surface area contributed by atoms with Crippen LogP contribution in [0, 0.1) is 0 Å². The molecule has 2 heterocycles. The molecule has 3 rings (SSSR count). The van der Waals surface area contributed by atoms with E-state index in [1.54, 1.807) is 24.8 Å². The van der Waals surface area contributed by atoms with Crippen molar-refractivity contribution in [2.45, 2.75) is 26.2 Å². The first-order valence-electron chi connectivity index (χ1n) is 7.90. The molecular formula is C18H21N3OS. The highest BCUT2D eigenvalue weighted by Crippen LogP contribution is 2.28. The maximum atomic E-state index is 5.26. The maximum absolute atomic E-state index is 5.26. The van der Waals surface area contributed by atoms with Gasteiger partial charge in [-0.25, -0.2) is 9.97 Å². The largest absolute Gasteiger partial charge is 0.497 e. The number of fused-ring (bicyclic) bond motifs is 1. The molecule has 0 bridgehead atoms. The van der Waals surface area contributed by atoms with Crippen LogP contribution >= 0.6 is 11.3 Å². The van der Waals surface area contributed by atoms with E-state index in [4.69, 9.17) is 4.74 Å². The van der Waals surface area contributed by atoms with E-state index in [0.717, 1.165) is 47.6 Å². The maximum Gasteiger partial charge on any atom is 0.138 e. The predicted molar refractivity (Wildman–Crippen MR) is 96.6 cm³/mol. The number of hydrogen-bond donors (Lipinski definition) is 1. The van der Waals surface area contributed by atoms with Gasteiger partial charge in [0.2, 0.25) is 0 Å². The first kappa shape index (κ1) is 15.7. The van der Waals surface area contributed by atoms with Crippen molar-refractivity contribution in [3.05, 3.63) is 47.1 Å². The fourth-order valence-electron chi connectivity index (χ4n) is 2.57. The highest BCUT2D eigenvalue weighted by atomic mass is 32.1. The molecule has 0 radical (unpaired) electrons. The quantitative estimate of drug-likeness (QED) is 0.702. The summed E-state index contributed by atoms with van der Waals surface area (Å²) in [5, 5.41) is 4.57. The summed E-state index contributed by atoms with van der Waals surface area (Å²) in [6, 6.07) is 10.4. The molecule has 0 amide bonds. The summed E-state index contributed by atoms with van der Waals surface area (Å²) in [5.41, 5.74) is 1.25. The van der Waals surface area contributed by atoms with Crippen molar-refractivity contribution in [2.24, 2.45) is 0 Å². The molecule has 2 aromatic heterocycles. The van der Waals surface area contributed by atoms with Gasteiger partial charge >= 0.3 is 0 Å². The van der Waals surface area contributed by atoms with Gasteiger partial charge in [0.15, 0.2) is 0 Å². The van der Waals surface area contributed by atoms with Gasteiger partial charge in [-0.2, -0.15) is 0 Å². The van der Waals surface area contributed by atoms with E-state index in [0.29, 0.717) is 0 Å². The molecule has 0 spiro atoms. The van der Waals surface area contributed by atoms with E-state index >= 15 is 0 Å². The standard InChI is InChI=1S/C18H21N3OS/c1-3-5-15-11-16-17(20-12-21-18(16)23-15)19-9-8-13-6-4-7-14(10-13)22-2/h4,6-7,10-12H,3,5,8-9H2,1-2H3,(H,19,20,21). The second kappa shape index (κ2) is 7.42. The number of nitrogens with zero attached hydrogens (tertiary/aromatic N) is 2. The summed E-state index contributed by atoms with van der Waals surface area (Å²) in [7, 11) is 1.69. The van der Waals surface area contributed by atoms with E-state index in [1.807, 2.05) is 12.1 Å². The Morgan fingerprint density at radius 3 is 2.91 bits per heavy atom. The smallest absolute Gasteiger partial charge is 0.138 e. The molecule has 0 unspecified atom stereocenters. The van der Waals surface area contributed by atoms with Crippen LogP contribution in [0.5, 0.6) is 5.75 Å². The average molecular weight is 327 g/mol. The molecule has 0 aliphatic carbocycles. The lowest BCUT2D eigenvalue weighted by Gasteiger charge is -2.07. The molecule has 1 N–H and O–H groups in total. The van der Waals surface area contributed by atoms with E-state index in [-0.39, 0.29) is 0 Å². The summed E-state index contributed by atoms with van der Waals surface area (Å²) in [6.45, 7) is 3.03. The molecule has 3 aromatic rings. The van der Waals surface area contributed by atoms with Crippen LogP contribution in [-0.4, -0.2) is 23.6 Å². The average Bonchev–Trinajstić information content (AvgIpc) is 2.99. The molecule has 0 atom stereocenters. The molecule has 0 aliphatic rings. The number of hydrogen-bond acceptors (Lipinski definition) is 5. The highest BCUT2D eigenvalue weighted by molar-refractivity contribution is 7.18. The Labute approximate surface area is 140 Å². The molecule has 0 saturated heterocycles. The molecule has 0 fully saturated rings. The molecule has 0 aliphatic heterocycles. The topological polar surface area (TPSA) is 47.0 Å². The number of thiophene rings is 1. The van der Waals surface area contributed by atoms with Crippen LogP contribution in [0.3, 0.4) is 0 Å². The number of aryl methyl sites for hydroxylation is 1. The van der Waals surface area contributed by atoms with Gasteiger partial charge in [0.25, 0.3) is 0 Å². The zero-order chi connectivity index (χ0) is 16.1. The van der Waals surface area contributed by atoms with Crippen LogP contribution < -0.4 is 10.1 Å². The van der Waals surface area contributed by atoms with Crippen LogP contribution in [-0.2, 0) is 12.8 Å². The van der Waals surface area contributed by atoms with Gasteiger partial charge in [-0.1, -0.05) is 25.5 Å². The monoisotopic (exact) mass is 327 g/mol. The Balaban J connectivity index is 1.69. The fourth-order valence-corrected chi connectivity index (χ4v) is 3.67. The first-order chi connectivity index (χ1) is 11.3. The third-order valence-electron chi connectivity index (χ3n) is 3.72. The minimum Gasteiger partial charge on any atom is -0.497 e. The number of benzene rings is 1. The zero-order valence-electron chi connectivity index (χ0n) is 13.5. The van der Waals surface area contributed by atoms with Crippen LogP contribution in [0.1, 0.15) is 23.8 Å². The van der Waals surface area contributed by atoms with Gasteiger partial charge in [0, 0.05) is 11.4 Å². The number of nitrogens with one attached hydrogen (secondary N) is 1. The molecule has 0 saturated carbocycles. The lowest BCUT2D eigenvalue weighted by atomic mass is 10.1. The number of ether oxygens (including phenoxy) is 1. The van der Waals surface area contributed by atoms with Crippen LogP contribution in [0.4, 0.5) is 5.82 Å². The Morgan fingerprint density at radius 1 is 1.17 bits per heavy atom. The third-order valence-corrected chi connectivity index (χ3v) is 4.82. The second-order valence-corrected chi connectivity index (χ2v) is 6.55. The van der Waals surface area contributed by atoms with E-state index in [1.165, 1.54) is 10.4 Å². The van der Waals surface area contributed by atoms with Gasteiger partial charge in [0.05, 0.1) is 12.5 Å². The molecule has 120 valence electrons. The lowest BCUT2D eigenvalue weighted by molar-refractivity contribution is 0.414. The lowest BCUT2D eigenvalue weighted by Crippen LogP contribution is -2.06. The van der Waals surface area contributed by atoms with Crippen LogP contribution in [0.2, 0.25) is 0 Å². The summed E-state index contributed by atoms with van der Waals surface area (Å²) in [6.07, 6.45) is 4.82. The SMILES string of the molecule is CCCc1cc2c(NCCc3cccc(OC)c3)ncnc2s1. The van der Waals surface area contributed by atoms with E-state index in [9.17, 15) is 0 Å². The van der Waals surface area contributed by atoms with Crippen molar-refractivity contribution < 1.29 is 4.74 Å². The fraction of sp³-hybridized carbons (Fsp3) is 0.333. The van der Waals surface area contributed by atoms with Gasteiger partial charge in [-0.05, 0) is 36.6 Å². The van der Waals surface area contributed by atoms with Crippen LogP contribution in [0.15, 0.2) is 36.7 Å².